The molecule has 27 heavy (non-hydrogen) atoms. The van der Waals surface area contributed by atoms with Crippen molar-refractivity contribution in [2.75, 3.05) is 19.6 Å². The number of unbranched alkanes of at least 4 members (excludes halogenated alkanes) is 1. The van der Waals surface area contributed by atoms with Crippen LogP contribution in [-0.4, -0.2) is 36.5 Å². The predicted octanol–water partition coefficient (Wildman–Crippen LogP) is 2.66. The molecule has 6 nitrogen and oxygen atoms in total. The van der Waals surface area contributed by atoms with Crippen LogP contribution in [0, 0.1) is 6.92 Å². The molecule has 0 spiro atoms. The van der Waals surface area contributed by atoms with E-state index < -0.39 is 0 Å². The van der Waals surface area contributed by atoms with E-state index in [1.54, 1.807) is 24.5 Å². The van der Waals surface area contributed by atoms with E-state index in [9.17, 15) is 4.79 Å². The Morgan fingerprint density at radius 1 is 1.04 bits per heavy atom. The van der Waals surface area contributed by atoms with Crippen LogP contribution in [0.3, 0.4) is 0 Å². The number of carbonyl (C=O) groups excluding carboxylic acids is 1. The van der Waals surface area contributed by atoms with Gasteiger partial charge in [-0.2, -0.15) is 0 Å². The molecule has 0 saturated carbocycles. The highest BCUT2D eigenvalue weighted by Crippen LogP contribution is 2.04. The van der Waals surface area contributed by atoms with Crippen LogP contribution in [0.4, 0.5) is 0 Å². The Labute approximate surface area is 161 Å². The first-order valence-corrected chi connectivity index (χ1v) is 9.45. The van der Waals surface area contributed by atoms with Crippen LogP contribution >= 0.6 is 0 Å². The van der Waals surface area contributed by atoms with E-state index in [4.69, 9.17) is 0 Å². The van der Waals surface area contributed by atoms with Crippen molar-refractivity contribution < 1.29 is 4.79 Å². The molecule has 2 aromatic rings. The Hall–Kier alpha value is -2.89. The molecule has 0 bridgehead atoms. The number of rotatable bonds is 9. The smallest absolute Gasteiger partial charge is 0.252 e. The second kappa shape index (κ2) is 11.7. The van der Waals surface area contributed by atoms with Crippen molar-refractivity contribution in [3.63, 3.8) is 0 Å². The number of benzene rings is 1. The third-order valence-corrected chi connectivity index (χ3v) is 3.99. The zero-order valence-corrected chi connectivity index (χ0v) is 16.2. The molecule has 0 atom stereocenters. The van der Waals surface area contributed by atoms with Gasteiger partial charge in [0.25, 0.3) is 5.91 Å². The van der Waals surface area contributed by atoms with Gasteiger partial charge in [-0.3, -0.25) is 9.78 Å². The molecule has 2 rings (SSSR count). The first kappa shape index (κ1) is 20.4. The lowest BCUT2D eigenvalue weighted by Gasteiger charge is -2.13. The lowest BCUT2D eigenvalue weighted by atomic mass is 10.1. The van der Waals surface area contributed by atoms with Gasteiger partial charge in [0.2, 0.25) is 0 Å². The van der Waals surface area contributed by atoms with Gasteiger partial charge in [0.1, 0.15) is 0 Å². The second-order valence-corrected chi connectivity index (χ2v) is 6.36. The van der Waals surface area contributed by atoms with Crippen LogP contribution in [0.5, 0.6) is 0 Å². The van der Waals surface area contributed by atoms with E-state index in [-0.39, 0.29) is 5.91 Å². The highest BCUT2D eigenvalue weighted by molar-refractivity contribution is 5.93. The number of aromatic nitrogens is 1. The third-order valence-electron chi connectivity index (χ3n) is 3.99. The predicted molar refractivity (Wildman–Crippen MR) is 110 cm³/mol. The number of hydrogen-bond donors (Lipinski definition) is 3. The van der Waals surface area contributed by atoms with Gasteiger partial charge in [0.05, 0.1) is 12.1 Å². The number of amides is 1. The number of nitrogens with one attached hydrogen (secondary N) is 3. The Morgan fingerprint density at radius 3 is 2.48 bits per heavy atom. The first-order chi connectivity index (χ1) is 13.2. The van der Waals surface area contributed by atoms with Gasteiger partial charge >= 0.3 is 0 Å². The number of guanidine groups is 1. The molecule has 0 unspecified atom stereocenters. The summed E-state index contributed by atoms with van der Waals surface area (Å²) in [6, 6.07) is 11.9. The Morgan fingerprint density at radius 2 is 1.78 bits per heavy atom. The monoisotopic (exact) mass is 367 g/mol. The Bertz CT molecular complexity index is 713. The van der Waals surface area contributed by atoms with Crippen molar-refractivity contribution in [1.82, 2.24) is 20.9 Å². The molecule has 144 valence electrons. The second-order valence-electron chi connectivity index (χ2n) is 6.36. The van der Waals surface area contributed by atoms with E-state index in [1.807, 2.05) is 0 Å². The number of carbonyl (C=O) groups is 1. The van der Waals surface area contributed by atoms with Gasteiger partial charge in [-0.15, -0.1) is 0 Å². The highest BCUT2D eigenvalue weighted by atomic mass is 16.1. The van der Waals surface area contributed by atoms with E-state index in [0.717, 1.165) is 25.3 Å². The normalized spacial score (nSPS) is 11.1. The van der Waals surface area contributed by atoms with Crippen LogP contribution < -0.4 is 16.0 Å². The summed E-state index contributed by atoms with van der Waals surface area (Å²) in [7, 11) is 0. The van der Waals surface area contributed by atoms with Crippen LogP contribution in [0.2, 0.25) is 0 Å². The number of aliphatic imine (C=N–C) groups is 1. The summed E-state index contributed by atoms with van der Waals surface area (Å²) in [6.45, 7) is 6.82. The summed E-state index contributed by atoms with van der Waals surface area (Å²) in [6.07, 6.45) is 5.42. The van der Waals surface area contributed by atoms with Gasteiger partial charge in [0, 0.05) is 32.0 Å². The molecule has 0 fully saturated rings. The molecule has 1 amide bonds. The zero-order chi connectivity index (χ0) is 19.3. The Kier molecular flexibility index (Phi) is 8.83. The zero-order valence-electron chi connectivity index (χ0n) is 16.2. The topological polar surface area (TPSA) is 78.4 Å². The number of pyridine rings is 1. The fourth-order valence-electron chi connectivity index (χ4n) is 2.38. The van der Waals surface area contributed by atoms with Crippen molar-refractivity contribution >= 4 is 11.9 Å². The fourth-order valence-corrected chi connectivity index (χ4v) is 2.38. The van der Waals surface area contributed by atoms with Crippen LogP contribution in [0.15, 0.2) is 53.8 Å². The molecule has 1 aromatic carbocycles. The van der Waals surface area contributed by atoms with Gasteiger partial charge in [-0.1, -0.05) is 43.2 Å². The molecule has 0 aliphatic heterocycles. The van der Waals surface area contributed by atoms with E-state index in [0.29, 0.717) is 25.2 Å². The summed E-state index contributed by atoms with van der Waals surface area (Å²) < 4.78 is 0. The highest BCUT2D eigenvalue weighted by Gasteiger charge is 2.04. The molecule has 6 heteroatoms. The van der Waals surface area contributed by atoms with Crippen LogP contribution in [0.25, 0.3) is 0 Å². The quantitative estimate of drug-likeness (QED) is 0.362. The molecule has 3 N–H and O–H groups in total. The summed E-state index contributed by atoms with van der Waals surface area (Å²) in [5.74, 6) is 0.640. The summed E-state index contributed by atoms with van der Waals surface area (Å²) in [5, 5.41) is 9.49. The van der Waals surface area contributed by atoms with Crippen molar-refractivity contribution in [2.24, 2.45) is 4.99 Å². The lowest BCUT2D eigenvalue weighted by Crippen LogP contribution is -2.42. The average Bonchev–Trinajstić information content (AvgIpc) is 2.70. The van der Waals surface area contributed by atoms with Gasteiger partial charge in [0.15, 0.2) is 5.96 Å². The SMILES string of the molecule is CCCCNC(=NCc1ccc(C)cc1)NCCNC(=O)c1cccnc1. The minimum absolute atomic E-state index is 0.123. The minimum atomic E-state index is -0.123. The fraction of sp³-hybridized carbons (Fsp3) is 0.381. The molecular weight excluding hydrogens is 338 g/mol. The van der Waals surface area contributed by atoms with Gasteiger partial charge in [-0.05, 0) is 31.0 Å². The number of aryl methyl sites for hydroxylation is 1. The molecule has 0 radical (unpaired) electrons. The van der Waals surface area contributed by atoms with Gasteiger partial charge < -0.3 is 16.0 Å². The van der Waals surface area contributed by atoms with Crippen molar-refractivity contribution in [1.29, 1.82) is 0 Å². The van der Waals surface area contributed by atoms with Crippen LogP contribution in [0.1, 0.15) is 41.3 Å². The molecular formula is C21H29N5O. The molecule has 1 heterocycles. The Balaban J connectivity index is 1.81. The largest absolute Gasteiger partial charge is 0.356 e. The van der Waals surface area contributed by atoms with Gasteiger partial charge in [-0.25, -0.2) is 4.99 Å². The minimum Gasteiger partial charge on any atom is -0.356 e. The molecule has 0 saturated heterocycles. The van der Waals surface area contributed by atoms with E-state index in [2.05, 4.69) is 64.0 Å². The molecule has 0 aliphatic carbocycles. The maximum absolute atomic E-state index is 12.0. The standard InChI is InChI=1S/C21H29N5O/c1-3-4-12-24-21(26-15-18-9-7-17(2)8-10-18)25-14-13-23-20(27)19-6-5-11-22-16-19/h5-11,16H,3-4,12-15H2,1-2H3,(H,23,27)(H2,24,25,26). The van der Waals surface area contributed by atoms with Crippen molar-refractivity contribution in [3.8, 4) is 0 Å². The number of hydrogen-bond acceptors (Lipinski definition) is 3. The maximum atomic E-state index is 12.0. The maximum Gasteiger partial charge on any atom is 0.252 e. The van der Waals surface area contributed by atoms with Crippen LogP contribution in [-0.2, 0) is 6.54 Å². The third kappa shape index (κ3) is 7.90. The molecule has 1 aromatic heterocycles. The summed E-state index contributed by atoms with van der Waals surface area (Å²) in [5.41, 5.74) is 2.97. The van der Waals surface area contributed by atoms with Crippen molar-refractivity contribution in [3.05, 3.63) is 65.5 Å². The van der Waals surface area contributed by atoms with E-state index >= 15 is 0 Å². The first-order valence-electron chi connectivity index (χ1n) is 9.45. The average molecular weight is 367 g/mol. The summed E-state index contributed by atoms with van der Waals surface area (Å²) >= 11 is 0. The van der Waals surface area contributed by atoms with Crippen molar-refractivity contribution in [2.45, 2.75) is 33.2 Å². The van der Waals surface area contributed by atoms with E-state index in [1.165, 1.54) is 11.1 Å². The molecule has 0 aliphatic rings. The summed E-state index contributed by atoms with van der Waals surface area (Å²) in [4.78, 5) is 20.6. The number of nitrogens with zero attached hydrogens (tertiary/aromatic N) is 2. The lowest BCUT2D eigenvalue weighted by molar-refractivity contribution is 0.0954.